The predicted molar refractivity (Wildman–Crippen MR) is 77.5 cm³/mol. The van der Waals surface area contributed by atoms with Gasteiger partial charge in [-0.15, -0.1) is 0 Å². The van der Waals surface area contributed by atoms with Crippen molar-refractivity contribution in [3.05, 3.63) is 29.8 Å². The third-order valence-electron chi connectivity index (χ3n) is 3.45. The Balaban J connectivity index is 2.02. The summed E-state index contributed by atoms with van der Waals surface area (Å²) in [4.78, 5) is 12.2. The zero-order chi connectivity index (χ0) is 14.8. The molecule has 1 fully saturated rings. The minimum absolute atomic E-state index is 0.0748. The topological polar surface area (TPSA) is 101 Å². The Kier molecular flexibility index (Phi) is 4.12. The van der Waals surface area contributed by atoms with Crippen LogP contribution in [0.1, 0.15) is 25.3 Å². The van der Waals surface area contributed by atoms with Gasteiger partial charge in [0.2, 0.25) is 15.9 Å². The quantitative estimate of drug-likeness (QED) is 0.755. The second-order valence-corrected chi connectivity index (χ2v) is 6.94. The molecule has 2 rings (SSSR count). The molecule has 0 spiro atoms. The normalized spacial score (nSPS) is 22.7. The molecule has 1 aliphatic rings. The van der Waals surface area contributed by atoms with Crippen LogP contribution in [0.15, 0.2) is 24.3 Å². The highest BCUT2D eigenvalue weighted by Crippen LogP contribution is 2.21. The number of hydrogen-bond donors (Lipinski definition) is 3. The van der Waals surface area contributed by atoms with Crippen molar-refractivity contribution in [1.82, 2.24) is 5.32 Å². The van der Waals surface area contributed by atoms with Crippen LogP contribution in [0, 0.1) is 0 Å². The molecule has 0 bridgehead atoms. The Hall–Kier alpha value is -1.44. The van der Waals surface area contributed by atoms with Crippen LogP contribution in [0.5, 0.6) is 0 Å². The molecule has 1 unspecified atom stereocenters. The van der Waals surface area contributed by atoms with E-state index in [1.807, 2.05) is 6.92 Å². The lowest BCUT2D eigenvalue weighted by Crippen LogP contribution is -2.47. The molecule has 0 saturated carbocycles. The predicted octanol–water partition coefficient (Wildman–Crippen LogP) is 0.556. The second-order valence-electron chi connectivity index (χ2n) is 5.32. The summed E-state index contributed by atoms with van der Waals surface area (Å²) in [5, 5.41) is 11.0. The van der Waals surface area contributed by atoms with Crippen molar-refractivity contribution >= 4 is 21.6 Å². The van der Waals surface area contributed by atoms with Gasteiger partial charge in [-0.3, -0.25) is 4.79 Å². The van der Waals surface area contributed by atoms with Crippen molar-refractivity contribution < 1.29 is 13.2 Å². The van der Waals surface area contributed by atoms with Gasteiger partial charge in [0.25, 0.3) is 0 Å². The number of nitrogens with two attached hydrogens (primary N) is 1. The third-order valence-corrected chi connectivity index (χ3v) is 4.19. The fraction of sp³-hybridized carbons (Fsp3) is 0.462. The Bertz CT molecular complexity index is 590. The maximum absolute atomic E-state index is 12.2. The van der Waals surface area contributed by atoms with Crippen LogP contribution >= 0.6 is 0 Å². The Morgan fingerprint density at radius 3 is 2.55 bits per heavy atom. The number of hydrogen-bond acceptors (Lipinski definition) is 4. The molecule has 110 valence electrons. The van der Waals surface area contributed by atoms with Crippen LogP contribution in [0.4, 0.5) is 5.69 Å². The highest BCUT2D eigenvalue weighted by atomic mass is 32.2. The summed E-state index contributed by atoms with van der Waals surface area (Å²) >= 11 is 0. The summed E-state index contributed by atoms with van der Waals surface area (Å²) in [6, 6.07) is 6.64. The number of carbonyl (C=O) groups excluding carboxylic acids is 1. The number of anilines is 1. The zero-order valence-electron chi connectivity index (χ0n) is 11.3. The van der Waals surface area contributed by atoms with Gasteiger partial charge < -0.3 is 10.6 Å². The van der Waals surface area contributed by atoms with Crippen molar-refractivity contribution in [3.63, 3.8) is 0 Å². The van der Waals surface area contributed by atoms with Crippen molar-refractivity contribution in [2.45, 2.75) is 31.1 Å². The van der Waals surface area contributed by atoms with E-state index in [9.17, 15) is 13.2 Å². The minimum atomic E-state index is -3.53. The number of carbonyl (C=O) groups is 1. The van der Waals surface area contributed by atoms with Crippen molar-refractivity contribution in [2.24, 2.45) is 5.14 Å². The Morgan fingerprint density at radius 2 is 2.05 bits per heavy atom. The second kappa shape index (κ2) is 5.51. The molecule has 7 heteroatoms. The summed E-state index contributed by atoms with van der Waals surface area (Å²) in [5.74, 6) is -0.283. The van der Waals surface area contributed by atoms with E-state index in [0.717, 1.165) is 19.4 Å². The lowest BCUT2D eigenvalue weighted by molar-refractivity contribution is -0.121. The van der Waals surface area contributed by atoms with Gasteiger partial charge in [-0.25, -0.2) is 13.6 Å². The average molecular weight is 297 g/mol. The number of amides is 1. The van der Waals surface area contributed by atoms with E-state index in [4.69, 9.17) is 5.14 Å². The van der Waals surface area contributed by atoms with Crippen molar-refractivity contribution in [2.75, 3.05) is 11.9 Å². The van der Waals surface area contributed by atoms with Gasteiger partial charge in [0.15, 0.2) is 0 Å². The Morgan fingerprint density at radius 1 is 1.40 bits per heavy atom. The molecule has 1 atom stereocenters. The van der Waals surface area contributed by atoms with Crippen LogP contribution < -0.4 is 15.8 Å². The molecule has 1 heterocycles. The first-order valence-corrected chi connectivity index (χ1v) is 8.16. The van der Waals surface area contributed by atoms with E-state index in [0.29, 0.717) is 11.3 Å². The number of nitrogens with one attached hydrogen (secondary N) is 2. The van der Waals surface area contributed by atoms with Gasteiger partial charge in [-0.2, -0.15) is 0 Å². The summed E-state index contributed by atoms with van der Waals surface area (Å²) in [5.41, 5.74) is 0.706. The molecule has 0 aliphatic carbocycles. The van der Waals surface area contributed by atoms with Crippen LogP contribution in [0.2, 0.25) is 0 Å². The summed E-state index contributed by atoms with van der Waals surface area (Å²) in [7, 11) is -3.53. The molecule has 1 saturated heterocycles. The van der Waals surface area contributed by atoms with Gasteiger partial charge in [-0.1, -0.05) is 12.1 Å². The van der Waals surface area contributed by atoms with Gasteiger partial charge >= 0.3 is 0 Å². The Labute approximate surface area is 118 Å². The van der Waals surface area contributed by atoms with Gasteiger partial charge in [0, 0.05) is 5.69 Å². The van der Waals surface area contributed by atoms with Gasteiger partial charge in [0.1, 0.15) is 0 Å². The SMILES string of the molecule is CC1(C(=O)Nc2ccc(CS(N)(=O)=O)cc2)CCCN1. The molecule has 0 aromatic heterocycles. The van der Waals surface area contributed by atoms with Crippen molar-refractivity contribution in [3.8, 4) is 0 Å². The summed E-state index contributed by atoms with van der Waals surface area (Å²) < 4.78 is 22.0. The summed E-state index contributed by atoms with van der Waals surface area (Å²) in [6.45, 7) is 2.72. The number of primary sulfonamides is 1. The molecule has 1 aromatic rings. The molecule has 1 aromatic carbocycles. The molecular weight excluding hydrogens is 278 g/mol. The third kappa shape index (κ3) is 3.78. The lowest BCUT2D eigenvalue weighted by Gasteiger charge is -2.23. The number of rotatable bonds is 4. The first-order valence-electron chi connectivity index (χ1n) is 6.44. The molecular formula is C13H19N3O3S. The van der Waals surface area contributed by atoms with Crippen LogP contribution in [-0.2, 0) is 20.6 Å². The maximum Gasteiger partial charge on any atom is 0.244 e. The standard InChI is InChI=1S/C13H19N3O3S/c1-13(7-2-8-15-13)12(17)16-11-5-3-10(4-6-11)9-20(14,18)19/h3-6,15H,2,7-9H2,1H3,(H,16,17)(H2,14,18,19). The fourth-order valence-corrected chi connectivity index (χ4v) is 2.93. The number of sulfonamides is 1. The van der Waals surface area contributed by atoms with E-state index in [1.54, 1.807) is 24.3 Å². The molecule has 1 amide bonds. The van der Waals surface area contributed by atoms with E-state index in [2.05, 4.69) is 10.6 Å². The largest absolute Gasteiger partial charge is 0.324 e. The van der Waals surface area contributed by atoms with Crippen LogP contribution in [0.3, 0.4) is 0 Å². The molecule has 20 heavy (non-hydrogen) atoms. The fourth-order valence-electron chi connectivity index (χ4n) is 2.27. The van der Waals surface area contributed by atoms with Crippen LogP contribution in [0.25, 0.3) is 0 Å². The van der Waals surface area contributed by atoms with Crippen LogP contribution in [-0.4, -0.2) is 26.4 Å². The maximum atomic E-state index is 12.2. The molecule has 4 N–H and O–H groups in total. The molecule has 0 radical (unpaired) electrons. The monoisotopic (exact) mass is 297 g/mol. The zero-order valence-corrected chi connectivity index (χ0v) is 12.2. The van der Waals surface area contributed by atoms with E-state index < -0.39 is 15.6 Å². The molecule has 1 aliphatic heterocycles. The first kappa shape index (κ1) is 15.0. The lowest BCUT2D eigenvalue weighted by atomic mass is 9.99. The summed E-state index contributed by atoms with van der Waals surface area (Å²) in [6.07, 6.45) is 1.79. The van der Waals surface area contributed by atoms with E-state index in [-0.39, 0.29) is 11.7 Å². The van der Waals surface area contributed by atoms with E-state index >= 15 is 0 Å². The van der Waals surface area contributed by atoms with Gasteiger partial charge in [0.05, 0.1) is 11.3 Å². The van der Waals surface area contributed by atoms with Crippen molar-refractivity contribution in [1.29, 1.82) is 0 Å². The first-order chi connectivity index (χ1) is 9.28. The number of benzene rings is 1. The van der Waals surface area contributed by atoms with E-state index in [1.165, 1.54) is 0 Å². The molecule has 6 nitrogen and oxygen atoms in total. The minimum Gasteiger partial charge on any atom is -0.324 e. The van der Waals surface area contributed by atoms with Gasteiger partial charge in [-0.05, 0) is 44.0 Å². The smallest absolute Gasteiger partial charge is 0.244 e. The highest BCUT2D eigenvalue weighted by molar-refractivity contribution is 7.88. The average Bonchev–Trinajstić information content (AvgIpc) is 2.78. The highest BCUT2D eigenvalue weighted by Gasteiger charge is 2.35.